The number of hydrogen-bond donors (Lipinski definition) is 0. The molecular weight excluding hydrogens is 311 g/mol. The topological polar surface area (TPSA) is 17.1 Å². The molecule has 0 aromatic heterocycles. The second-order valence-corrected chi connectivity index (χ2v) is 7.39. The third kappa shape index (κ3) is 2.16. The lowest BCUT2D eigenvalue weighted by molar-refractivity contribution is 0.0976. The summed E-state index contributed by atoms with van der Waals surface area (Å²) in [5.41, 5.74) is 2.57. The van der Waals surface area contributed by atoms with Crippen LogP contribution >= 0.6 is 35.0 Å². The smallest absolute Gasteiger partial charge is 0.197 e. The lowest BCUT2D eigenvalue weighted by Gasteiger charge is -2.24. The average Bonchev–Trinajstić information content (AvgIpc) is 2.72. The predicted octanol–water partition coefficient (Wildman–Crippen LogP) is 5.20. The highest BCUT2D eigenvalue weighted by Crippen LogP contribution is 2.56. The molecule has 3 rings (SSSR count). The lowest BCUT2D eigenvalue weighted by Crippen LogP contribution is -2.29. The van der Waals surface area contributed by atoms with Crippen LogP contribution in [0.2, 0.25) is 0 Å². The van der Waals surface area contributed by atoms with Crippen molar-refractivity contribution in [3.8, 4) is 0 Å². The van der Waals surface area contributed by atoms with E-state index < -0.39 is 9.58 Å². The van der Waals surface area contributed by atoms with Crippen molar-refractivity contribution in [3.05, 3.63) is 65.2 Å². The molecule has 1 nitrogen and oxygen atoms in total. The summed E-state index contributed by atoms with van der Waals surface area (Å²) in [6.45, 7) is 1.96. The van der Waals surface area contributed by atoms with Gasteiger partial charge in [-0.15, -0.1) is 11.6 Å². The standard InChI is InChI=1S/C16H12Cl2OS/c1-10-7-8-13-12(9-10)15(19)16(18,20-13)14(17)11-5-3-2-4-6-11/h2-9,14H,1H3/t14-,16-/m1/s1. The monoisotopic (exact) mass is 322 g/mol. The van der Waals surface area contributed by atoms with E-state index in [9.17, 15) is 4.79 Å². The van der Waals surface area contributed by atoms with Gasteiger partial charge in [-0.25, -0.2) is 0 Å². The van der Waals surface area contributed by atoms with Crippen LogP contribution in [0.1, 0.15) is 26.9 Å². The van der Waals surface area contributed by atoms with Crippen molar-refractivity contribution < 1.29 is 4.79 Å². The van der Waals surface area contributed by atoms with Crippen molar-refractivity contribution in [3.63, 3.8) is 0 Å². The summed E-state index contributed by atoms with van der Waals surface area (Å²) < 4.78 is -1.17. The van der Waals surface area contributed by atoms with Gasteiger partial charge in [-0.1, -0.05) is 65.3 Å². The Balaban J connectivity index is 2.01. The number of Topliss-reactive ketones (excluding diaryl/α,β-unsaturated/α-hetero) is 1. The number of rotatable bonds is 2. The van der Waals surface area contributed by atoms with Gasteiger partial charge in [-0.2, -0.15) is 0 Å². The number of fused-ring (bicyclic) bond motifs is 1. The summed E-state index contributed by atoms with van der Waals surface area (Å²) in [7, 11) is 0. The number of carbonyl (C=O) groups is 1. The van der Waals surface area contributed by atoms with Crippen molar-refractivity contribution in [1.29, 1.82) is 0 Å². The van der Waals surface area contributed by atoms with E-state index in [-0.39, 0.29) is 5.78 Å². The third-order valence-electron chi connectivity index (χ3n) is 3.37. The zero-order valence-electron chi connectivity index (χ0n) is 10.8. The van der Waals surface area contributed by atoms with E-state index in [4.69, 9.17) is 23.2 Å². The number of thioether (sulfide) groups is 1. The molecular formula is C16H12Cl2OS. The van der Waals surface area contributed by atoms with Crippen LogP contribution in [-0.2, 0) is 0 Å². The van der Waals surface area contributed by atoms with Gasteiger partial charge in [0.1, 0.15) is 0 Å². The number of aryl methyl sites for hydroxylation is 1. The summed E-state index contributed by atoms with van der Waals surface area (Å²) in [6.07, 6.45) is 0. The fraction of sp³-hybridized carbons (Fsp3) is 0.188. The van der Waals surface area contributed by atoms with Gasteiger partial charge in [-0.3, -0.25) is 4.79 Å². The second kappa shape index (κ2) is 5.10. The maximum absolute atomic E-state index is 12.6. The Kier molecular flexibility index (Phi) is 3.57. The molecule has 0 radical (unpaired) electrons. The molecule has 1 aliphatic heterocycles. The van der Waals surface area contributed by atoms with E-state index in [2.05, 4.69) is 0 Å². The maximum Gasteiger partial charge on any atom is 0.197 e. The number of ketones is 1. The van der Waals surface area contributed by atoms with Gasteiger partial charge in [0.2, 0.25) is 0 Å². The minimum atomic E-state index is -1.17. The van der Waals surface area contributed by atoms with Crippen LogP contribution in [0.15, 0.2) is 53.4 Å². The van der Waals surface area contributed by atoms with Crippen molar-refractivity contribution in [2.75, 3.05) is 0 Å². The predicted molar refractivity (Wildman–Crippen MR) is 85.0 cm³/mol. The first kappa shape index (κ1) is 14.0. The van der Waals surface area contributed by atoms with E-state index in [0.717, 1.165) is 16.0 Å². The van der Waals surface area contributed by atoms with Crippen LogP contribution in [0.4, 0.5) is 0 Å². The molecule has 2 aromatic rings. The molecule has 0 spiro atoms. The Bertz CT molecular complexity index is 671. The Morgan fingerprint density at radius 2 is 1.85 bits per heavy atom. The zero-order valence-corrected chi connectivity index (χ0v) is 13.1. The zero-order chi connectivity index (χ0) is 14.3. The fourth-order valence-electron chi connectivity index (χ4n) is 2.30. The summed E-state index contributed by atoms with van der Waals surface area (Å²) >= 11 is 14.5. The quantitative estimate of drug-likeness (QED) is 0.707. The average molecular weight is 323 g/mol. The van der Waals surface area contributed by atoms with E-state index in [0.29, 0.717) is 5.56 Å². The van der Waals surface area contributed by atoms with Crippen molar-refractivity contribution in [2.45, 2.75) is 21.4 Å². The number of alkyl halides is 2. The van der Waals surface area contributed by atoms with E-state index in [1.807, 2.05) is 55.5 Å². The summed E-state index contributed by atoms with van der Waals surface area (Å²) in [4.78, 5) is 13.5. The van der Waals surface area contributed by atoms with Crippen LogP contribution < -0.4 is 0 Å². The Hall–Kier alpha value is -0.960. The molecule has 0 fully saturated rings. The maximum atomic E-state index is 12.6. The first-order valence-corrected chi connectivity index (χ1v) is 7.88. The van der Waals surface area contributed by atoms with Crippen molar-refractivity contribution >= 4 is 40.7 Å². The van der Waals surface area contributed by atoms with Crippen LogP contribution in [0.25, 0.3) is 0 Å². The minimum absolute atomic E-state index is 0.105. The van der Waals surface area contributed by atoms with E-state index >= 15 is 0 Å². The molecule has 0 N–H and O–H groups in total. The molecule has 20 heavy (non-hydrogen) atoms. The number of carbonyl (C=O) groups excluding carboxylic acids is 1. The normalized spacial score (nSPS) is 22.6. The Morgan fingerprint density at radius 1 is 1.15 bits per heavy atom. The van der Waals surface area contributed by atoms with E-state index in [1.54, 1.807) is 0 Å². The van der Waals surface area contributed by atoms with Gasteiger partial charge >= 0.3 is 0 Å². The van der Waals surface area contributed by atoms with E-state index in [1.165, 1.54) is 11.8 Å². The van der Waals surface area contributed by atoms with Crippen LogP contribution in [0.5, 0.6) is 0 Å². The van der Waals surface area contributed by atoms with Gasteiger partial charge < -0.3 is 0 Å². The molecule has 2 atom stereocenters. The minimum Gasteiger partial charge on any atom is -0.291 e. The van der Waals surface area contributed by atoms with Crippen molar-refractivity contribution in [1.82, 2.24) is 0 Å². The van der Waals surface area contributed by atoms with Gasteiger partial charge in [0.15, 0.2) is 9.99 Å². The molecule has 0 aliphatic carbocycles. The second-order valence-electron chi connectivity index (χ2n) is 4.85. The highest BCUT2D eigenvalue weighted by molar-refractivity contribution is 8.03. The number of benzene rings is 2. The molecule has 0 bridgehead atoms. The molecule has 1 heterocycles. The highest BCUT2D eigenvalue weighted by atomic mass is 35.5. The van der Waals surface area contributed by atoms with Crippen molar-refractivity contribution in [2.24, 2.45) is 0 Å². The van der Waals surface area contributed by atoms with Crippen LogP contribution in [0.3, 0.4) is 0 Å². The first-order valence-electron chi connectivity index (χ1n) is 6.25. The largest absolute Gasteiger partial charge is 0.291 e. The van der Waals surface area contributed by atoms with Crippen LogP contribution in [-0.4, -0.2) is 9.99 Å². The molecule has 0 saturated heterocycles. The number of hydrogen-bond acceptors (Lipinski definition) is 2. The molecule has 1 aliphatic rings. The third-order valence-corrected chi connectivity index (χ3v) is 6.10. The number of halogens is 2. The van der Waals surface area contributed by atoms with Gasteiger partial charge in [0.05, 0.1) is 5.38 Å². The van der Waals surface area contributed by atoms with Gasteiger partial charge in [0.25, 0.3) is 0 Å². The Morgan fingerprint density at radius 3 is 2.55 bits per heavy atom. The Labute approximate surface area is 132 Å². The molecule has 4 heteroatoms. The molecule has 102 valence electrons. The summed E-state index contributed by atoms with van der Waals surface area (Å²) in [5, 5.41) is -0.574. The lowest BCUT2D eigenvalue weighted by atomic mass is 10.0. The SMILES string of the molecule is Cc1ccc2c(c1)C(=O)[C@@](Cl)([C@H](Cl)c1ccccc1)S2. The summed E-state index contributed by atoms with van der Waals surface area (Å²) in [5.74, 6) is -0.105. The first-order chi connectivity index (χ1) is 9.52. The highest BCUT2D eigenvalue weighted by Gasteiger charge is 2.50. The van der Waals surface area contributed by atoms with Gasteiger partial charge in [0, 0.05) is 10.5 Å². The molecule has 2 aromatic carbocycles. The van der Waals surface area contributed by atoms with Gasteiger partial charge in [-0.05, 0) is 24.6 Å². The molecule has 0 unspecified atom stereocenters. The van der Waals surface area contributed by atoms with Crippen LogP contribution in [0, 0.1) is 6.92 Å². The summed E-state index contributed by atoms with van der Waals surface area (Å²) in [6, 6.07) is 15.3. The molecule has 0 amide bonds. The fourth-order valence-corrected chi connectivity index (χ4v) is 4.32. The molecule has 0 saturated carbocycles.